The van der Waals surface area contributed by atoms with E-state index in [4.69, 9.17) is 11.6 Å². The van der Waals surface area contributed by atoms with Crippen molar-refractivity contribution in [3.63, 3.8) is 0 Å². The van der Waals surface area contributed by atoms with Gasteiger partial charge in [0.15, 0.2) is 0 Å². The van der Waals surface area contributed by atoms with Crippen LogP contribution in [0.1, 0.15) is 30.0 Å². The summed E-state index contributed by atoms with van der Waals surface area (Å²) < 4.78 is 13.7. The minimum Gasteiger partial charge on any atom is -0.310 e. The van der Waals surface area contributed by atoms with Crippen molar-refractivity contribution in [1.82, 2.24) is 5.32 Å². The average molecular weight is 214 g/mol. The molecular formula is C11H13ClFN. The van der Waals surface area contributed by atoms with Gasteiger partial charge in [0.05, 0.1) is 5.02 Å². The molecule has 1 unspecified atom stereocenters. The highest BCUT2D eigenvalue weighted by atomic mass is 35.5. The van der Waals surface area contributed by atoms with Crippen LogP contribution in [0.4, 0.5) is 4.39 Å². The molecule has 1 nitrogen and oxygen atoms in total. The molecule has 3 heteroatoms. The second-order valence-corrected chi connectivity index (χ2v) is 4.15. The van der Waals surface area contributed by atoms with Gasteiger partial charge in [0.1, 0.15) is 5.82 Å². The van der Waals surface area contributed by atoms with E-state index in [-0.39, 0.29) is 16.9 Å². The van der Waals surface area contributed by atoms with Crippen molar-refractivity contribution in [2.24, 2.45) is 0 Å². The zero-order chi connectivity index (χ0) is 10.1. The number of hydrogen-bond donors (Lipinski definition) is 1. The number of nitrogens with one attached hydrogen (secondary N) is 1. The van der Waals surface area contributed by atoms with Crippen molar-refractivity contribution in [3.8, 4) is 0 Å². The van der Waals surface area contributed by atoms with Gasteiger partial charge in [-0.3, -0.25) is 0 Å². The molecular weight excluding hydrogens is 201 g/mol. The van der Waals surface area contributed by atoms with Gasteiger partial charge in [-0.25, -0.2) is 4.39 Å². The highest BCUT2D eigenvalue weighted by Gasteiger charge is 2.22. The molecule has 0 amide bonds. The van der Waals surface area contributed by atoms with Crippen LogP contribution >= 0.6 is 11.6 Å². The molecule has 1 aromatic carbocycles. The van der Waals surface area contributed by atoms with Gasteiger partial charge in [-0.05, 0) is 37.9 Å². The normalized spacial score (nSPS) is 21.5. The summed E-state index contributed by atoms with van der Waals surface area (Å²) in [5, 5.41) is 3.50. The standard InChI is InChI=1S/C11H13ClFN/c1-7-4-5-8(12)11(13)10(7)9-3-2-6-14-9/h4-5,9,14H,2-3,6H2,1H3. The molecule has 2 rings (SSSR count). The minimum atomic E-state index is -0.258. The third kappa shape index (κ3) is 1.64. The maximum Gasteiger partial charge on any atom is 0.146 e. The van der Waals surface area contributed by atoms with Gasteiger partial charge in [-0.2, -0.15) is 0 Å². The summed E-state index contributed by atoms with van der Waals surface area (Å²) in [4.78, 5) is 0. The van der Waals surface area contributed by atoms with E-state index in [1.807, 2.05) is 13.0 Å². The lowest BCUT2D eigenvalue weighted by Crippen LogP contribution is -2.15. The van der Waals surface area contributed by atoms with Gasteiger partial charge in [0, 0.05) is 11.6 Å². The number of halogens is 2. The number of benzene rings is 1. The predicted octanol–water partition coefficient (Wildman–Crippen LogP) is 3.21. The molecule has 0 radical (unpaired) electrons. The van der Waals surface area contributed by atoms with Crippen molar-refractivity contribution < 1.29 is 4.39 Å². The summed E-state index contributed by atoms with van der Waals surface area (Å²) in [6.45, 7) is 2.89. The average Bonchev–Trinajstić information content (AvgIpc) is 2.65. The van der Waals surface area contributed by atoms with Crippen molar-refractivity contribution >= 4 is 11.6 Å². The molecule has 1 N–H and O–H groups in total. The second kappa shape index (κ2) is 3.87. The first-order chi connectivity index (χ1) is 6.70. The molecule has 1 atom stereocenters. The Balaban J connectivity index is 2.44. The van der Waals surface area contributed by atoms with Crippen molar-refractivity contribution in [1.29, 1.82) is 0 Å². The lowest BCUT2D eigenvalue weighted by atomic mass is 9.99. The Morgan fingerprint density at radius 2 is 2.29 bits per heavy atom. The highest BCUT2D eigenvalue weighted by Crippen LogP contribution is 2.31. The van der Waals surface area contributed by atoms with Gasteiger partial charge in [-0.1, -0.05) is 17.7 Å². The quantitative estimate of drug-likeness (QED) is 0.756. The fourth-order valence-corrected chi connectivity index (χ4v) is 2.19. The Kier molecular flexibility index (Phi) is 2.75. The zero-order valence-electron chi connectivity index (χ0n) is 8.11. The molecule has 0 aliphatic carbocycles. The lowest BCUT2D eigenvalue weighted by Gasteiger charge is -2.15. The van der Waals surface area contributed by atoms with E-state index in [2.05, 4.69) is 5.32 Å². The molecule has 0 spiro atoms. The van der Waals surface area contributed by atoms with Gasteiger partial charge < -0.3 is 5.32 Å². The van der Waals surface area contributed by atoms with Gasteiger partial charge in [0.25, 0.3) is 0 Å². The monoisotopic (exact) mass is 213 g/mol. The van der Waals surface area contributed by atoms with Crippen LogP contribution < -0.4 is 5.32 Å². The van der Waals surface area contributed by atoms with Crippen molar-refractivity contribution in [2.75, 3.05) is 6.54 Å². The molecule has 14 heavy (non-hydrogen) atoms. The van der Waals surface area contributed by atoms with E-state index in [1.165, 1.54) is 0 Å². The molecule has 1 heterocycles. The van der Waals surface area contributed by atoms with Gasteiger partial charge >= 0.3 is 0 Å². The van der Waals surface area contributed by atoms with Crippen LogP contribution in [0, 0.1) is 12.7 Å². The Morgan fingerprint density at radius 3 is 2.93 bits per heavy atom. The first kappa shape index (κ1) is 9.94. The molecule has 0 saturated carbocycles. The fourth-order valence-electron chi connectivity index (χ4n) is 2.02. The fraction of sp³-hybridized carbons (Fsp3) is 0.455. The third-order valence-corrected chi connectivity index (χ3v) is 3.05. The molecule has 0 aromatic heterocycles. The van der Waals surface area contributed by atoms with E-state index < -0.39 is 0 Å². The Hall–Kier alpha value is -0.600. The number of rotatable bonds is 1. The summed E-state index contributed by atoms with van der Waals surface area (Å²) in [5.41, 5.74) is 1.72. The lowest BCUT2D eigenvalue weighted by molar-refractivity contribution is 0.556. The van der Waals surface area contributed by atoms with E-state index in [9.17, 15) is 4.39 Å². The van der Waals surface area contributed by atoms with E-state index in [0.29, 0.717) is 0 Å². The molecule has 76 valence electrons. The minimum absolute atomic E-state index is 0.147. The molecule has 1 saturated heterocycles. The van der Waals surface area contributed by atoms with Crippen LogP contribution in [0.5, 0.6) is 0 Å². The summed E-state index contributed by atoms with van der Waals surface area (Å²) in [7, 11) is 0. The summed E-state index contributed by atoms with van der Waals surface area (Å²) in [6, 6.07) is 3.64. The first-order valence-corrected chi connectivity index (χ1v) is 5.26. The maximum atomic E-state index is 13.7. The maximum absolute atomic E-state index is 13.7. The first-order valence-electron chi connectivity index (χ1n) is 4.88. The van der Waals surface area contributed by atoms with Crippen LogP contribution in [-0.4, -0.2) is 6.54 Å². The Bertz CT molecular complexity index is 345. The Morgan fingerprint density at radius 1 is 1.50 bits per heavy atom. The SMILES string of the molecule is Cc1ccc(Cl)c(F)c1C1CCCN1. The second-order valence-electron chi connectivity index (χ2n) is 3.74. The number of aryl methyl sites for hydroxylation is 1. The summed E-state index contributed by atoms with van der Waals surface area (Å²) >= 11 is 5.76. The van der Waals surface area contributed by atoms with Crippen molar-refractivity contribution in [3.05, 3.63) is 34.1 Å². The zero-order valence-corrected chi connectivity index (χ0v) is 8.87. The van der Waals surface area contributed by atoms with Crippen LogP contribution in [0.25, 0.3) is 0 Å². The van der Waals surface area contributed by atoms with E-state index >= 15 is 0 Å². The molecule has 1 fully saturated rings. The number of hydrogen-bond acceptors (Lipinski definition) is 1. The molecule has 1 aromatic rings. The summed E-state index contributed by atoms with van der Waals surface area (Å²) in [6.07, 6.45) is 2.11. The molecule has 1 aliphatic rings. The van der Waals surface area contributed by atoms with Gasteiger partial charge in [-0.15, -0.1) is 0 Å². The van der Waals surface area contributed by atoms with Crippen LogP contribution in [0.3, 0.4) is 0 Å². The van der Waals surface area contributed by atoms with E-state index in [1.54, 1.807) is 6.07 Å². The van der Waals surface area contributed by atoms with Crippen LogP contribution in [0.15, 0.2) is 12.1 Å². The third-order valence-electron chi connectivity index (χ3n) is 2.76. The summed E-state index contributed by atoms with van der Waals surface area (Å²) in [5.74, 6) is -0.258. The Labute approximate surface area is 88.3 Å². The largest absolute Gasteiger partial charge is 0.310 e. The smallest absolute Gasteiger partial charge is 0.146 e. The predicted molar refractivity (Wildman–Crippen MR) is 56.1 cm³/mol. The highest BCUT2D eigenvalue weighted by molar-refractivity contribution is 6.30. The van der Waals surface area contributed by atoms with E-state index in [0.717, 1.165) is 30.5 Å². The molecule has 0 bridgehead atoms. The topological polar surface area (TPSA) is 12.0 Å². The van der Waals surface area contributed by atoms with Crippen LogP contribution in [-0.2, 0) is 0 Å². The van der Waals surface area contributed by atoms with Crippen LogP contribution in [0.2, 0.25) is 5.02 Å². The van der Waals surface area contributed by atoms with Crippen molar-refractivity contribution in [2.45, 2.75) is 25.8 Å². The van der Waals surface area contributed by atoms with Gasteiger partial charge in [0.2, 0.25) is 0 Å². The molecule has 1 aliphatic heterocycles.